The van der Waals surface area contributed by atoms with Gasteiger partial charge in [0.15, 0.2) is 6.10 Å². The van der Waals surface area contributed by atoms with Crippen molar-refractivity contribution < 1.29 is 24.5 Å². The lowest BCUT2D eigenvalue weighted by Gasteiger charge is -2.13. The maximum absolute atomic E-state index is 11.2. The molecule has 0 heterocycles. The zero-order valence-electron chi connectivity index (χ0n) is 11.0. The van der Waals surface area contributed by atoms with Crippen LogP contribution in [0.1, 0.15) is 36.1 Å². The molecular formula is C14H18O5. The van der Waals surface area contributed by atoms with Crippen LogP contribution in [-0.2, 0) is 27.2 Å². The number of rotatable bonds is 6. The van der Waals surface area contributed by atoms with Crippen LogP contribution in [0.4, 0.5) is 0 Å². The summed E-state index contributed by atoms with van der Waals surface area (Å²) < 4.78 is 4.56. The van der Waals surface area contributed by atoms with E-state index in [9.17, 15) is 14.7 Å². The summed E-state index contributed by atoms with van der Waals surface area (Å²) in [6, 6.07) is 5.21. The summed E-state index contributed by atoms with van der Waals surface area (Å²) in [6.45, 7) is 1.98. The second-order valence-corrected chi connectivity index (χ2v) is 4.20. The standard InChI is InChI=1S/C14H18O5/c1-3-9-4-6-11(13(16)14(17)18)10(8-9)5-7-12(15)19-2/h4,6,8,13,16H,3,5,7H2,1-2H3,(H,17,18). The van der Waals surface area contributed by atoms with E-state index < -0.39 is 12.1 Å². The molecule has 0 bridgehead atoms. The highest BCUT2D eigenvalue weighted by Gasteiger charge is 2.20. The monoisotopic (exact) mass is 266 g/mol. The molecule has 104 valence electrons. The van der Waals surface area contributed by atoms with E-state index in [1.807, 2.05) is 13.0 Å². The SMILES string of the molecule is CCc1ccc(C(O)C(=O)O)c(CCC(=O)OC)c1. The van der Waals surface area contributed by atoms with Crippen molar-refractivity contribution in [3.63, 3.8) is 0 Å². The molecule has 0 saturated carbocycles. The number of hydrogen-bond donors (Lipinski definition) is 2. The van der Waals surface area contributed by atoms with Gasteiger partial charge in [-0.25, -0.2) is 4.79 Å². The Bertz CT molecular complexity index is 467. The van der Waals surface area contributed by atoms with Crippen molar-refractivity contribution >= 4 is 11.9 Å². The number of benzene rings is 1. The zero-order chi connectivity index (χ0) is 14.4. The molecule has 0 aliphatic carbocycles. The number of hydrogen-bond acceptors (Lipinski definition) is 4. The van der Waals surface area contributed by atoms with Gasteiger partial charge in [-0.15, -0.1) is 0 Å². The first-order valence-corrected chi connectivity index (χ1v) is 6.09. The van der Waals surface area contributed by atoms with E-state index in [-0.39, 0.29) is 12.4 Å². The quantitative estimate of drug-likeness (QED) is 0.762. The Kier molecular flexibility index (Phi) is 5.51. The van der Waals surface area contributed by atoms with E-state index in [0.29, 0.717) is 17.5 Å². The van der Waals surface area contributed by atoms with Crippen LogP contribution in [0.15, 0.2) is 18.2 Å². The molecule has 5 nitrogen and oxygen atoms in total. The first-order valence-electron chi connectivity index (χ1n) is 6.09. The average Bonchev–Trinajstić information content (AvgIpc) is 2.43. The fraction of sp³-hybridized carbons (Fsp3) is 0.429. The predicted molar refractivity (Wildman–Crippen MR) is 68.8 cm³/mol. The van der Waals surface area contributed by atoms with Gasteiger partial charge in [0.1, 0.15) is 0 Å². The van der Waals surface area contributed by atoms with Crippen LogP contribution in [0.2, 0.25) is 0 Å². The van der Waals surface area contributed by atoms with Crippen molar-refractivity contribution in [1.29, 1.82) is 0 Å². The van der Waals surface area contributed by atoms with Crippen LogP contribution < -0.4 is 0 Å². The Hall–Kier alpha value is -1.88. The van der Waals surface area contributed by atoms with E-state index in [1.165, 1.54) is 7.11 Å². The molecule has 1 unspecified atom stereocenters. The number of aliphatic carboxylic acids is 1. The van der Waals surface area contributed by atoms with Crippen LogP contribution in [0.5, 0.6) is 0 Å². The smallest absolute Gasteiger partial charge is 0.337 e. The van der Waals surface area contributed by atoms with Gasteiger partial charge in [0, 0.05) is 6.42 Å². The van der Waals surface area contributed by atoms with Gasteiger partial charge in [-0.1, -0.05) is 25.1 Å². The van der Waals surface area contributed by atoms with E-state index in [0.717, 1.165) is 12.0 Å². The summed E-state index contributed by atoms with van der Waals surface area (Å²) in [5.41, 5.74) is 2.02. The molecule has 0 radical (unpaired) electrons. The molecule has 1 aromatic carbocycles. The van der Waals surface area contributed by atoms with Gasteiger partial charge in [0.25, 0.3) is 0 Å². The summed E-state index contributed by atoms with van der Waals surface area (Å²) in [5, 5.41) is 18.5. The number of aliphatic hydroxyl groups excluding tert-OH is 1. The molecule has 19 heavy (non-hydrogen) atoms. The van der Waals surface area contributed by atoms with Crippen molar-refractivity contribution in [2.24, 2.45) is 0 Å². The highest BCUT2D eigenvalue weighted by atomic mass is 16.5. The van der Waals surface area contributed by atoms with E-state index in [1.54, 1.807) is 12.1 Å². The fourth-order valence-electron chi connectivity index (χ4n) is 1.83. The molecule has 0 spiro atoms. The lowest BCUT2D eigenvalue weighted by molar-refractivity contribution is -0.147. The minimum atomic E-state index is -1.57. The van der Waals surface area contributed by atoms with E-state index >= 15 is 0 Å². The molecule has 0 aliphatic heterocycles. The third-order valence-electron chi connectivity index (χ3n) is 2.97. The number of aryl methyl sites for hydroxylation is 2. The van der Waals surface area contributed by atoms with Crippen LogP contribution in [0.3, 0.4) is 0 Å². The topological polar surface area (TPSA) is 83.8 Å². The summed E-state index contributed by atoms with van der Waals surface area (Å²) >= 11 is 0. The van der Waals surface area contributed by atoms with Crippen molar-refractivity contribution in [2.45, 2.75) is 32.3 Å². The highest BCUT2D eigenvalue weighted by molar-refractivity contribution is 5.75. The number of ether oxygens (including phenoxy) is 1. The number of aliphatic hydroxyl groups is 1. The molecule has 1 aromatic rings. The first-order chi connectivity index (χ1) is 8.99. The fourth-order valence-corrected chi connectivity index (χ4v) is 1.83. The molecule has 1 atom stereocenters. The predicted octanol–water partition coefficient (Wildman–Crippen LogP) is 1.47. The number of carboxylic acid groups (broad SMARTS) is 1. The van der Waals surface area contributed by atoms with Gasteiger partial charge in [0.2, 0.25) is 0 Å². The maximum Gasteiger partial charge on any atom is 0.337 e. The second-order valence-electron chi connectivity index (χ2n) is 4.20. The number of carbonyl (C=O) groups is 2. The minimum Gasteiger partial charge on any atom is -0.479 e. The van der Waals surface area contributed by atoms with Gasteiger partial charge in [0.05, 0.1) is 7.11 Å². The first kappa shape index (κ1) is 15.2. The summed E-state index contributed by atoms with van der Waals surface area (Å²) in [6.07, 6.45) is -0.267. The molecule has 0 fully saturated rings. The van der Waals surface area contributed by atoms with Gasteiger partial charge < -0.3 is 14.9 Å². The Morgan fingerprint density at radius 1 is 1.37 bits per heavy atom. The van der Waals surface area contributed by atoms with Crippen LogP contribution >= 0.6 is 0 Å². The van der Waals surface area contributed by atoms with E-state index in [4.69, 9.17) is 5.11 Å². The second kappa shape index (κ2) is 6.89. The van der Waals surface area contributed by atoms with Gasteiger partial charge in [-0.2, -0.15) is 0 Å². The van der Waals surface area contributed by atoms with Crippen molar-refractivity contribution in [3.8, 4) is 0 Å². The largest absolute Gasteiger partial charge is 0.479 e. The number of carboxylic acids is 1. The summed E-state index contributed by atoms with van der Waals surface area (Å²) in [7, 11) is 1.30. The lowest BCUT2D eigenvalue weighted by atomic mass is 9.95. The Labute approximate surface area is 111 Å². The van der Waals surface area contributed by atoms with Crippen LogP contribution in [-0.4, -0.2) is 29.3 Å². The summed E-state index contributed by atoms with van der Waals surface area (Å²) in [4.78, 5) is 22.0. The number of esters is 1. The van der Waals surface area contributed by atoms with Crippen molar-refractivity contribution in [2.75, 3.05) is 7.11 Å². The molecular weight excluding hydrogens is 248 g/mol. The number of carbonyl (C=O) groups excluding carboxylic acids is 1. The van der Waals surface area contributed by atoms with Gasteiger partial charge >= 0.3 is 11.9 Å². The van der Waals surface area contributed by atoms with Crippen molar-refractivity contribution in [3.05, 3.63) is 34.9 Å². The maximum atomic E-state index is 11.2. The normalized spacial score (nSPS) is 11.9. The number of methoxy groups -OCH3 is 1. The van der Waals surface area contributed by atoms with Gasteiger partial charge in [-0.3, -0.25) is 4.79 Å². The lowest BCUT2D eigenvalue weighted by Crippen LogP contribution is -2.14. The molecule has 2 N–H and O–H groups in total. The molecule has 0 amide bonds. The Morgan fingerprint density at radius 3 is 2.58 bits per heavy atom. The third kappa shape index (κ3) is 4.06. The average molecular weight is 266 g/mol. The molecule has 0 aromatic heterocycles. The molecule has 5 heteroatoms. The van der Waals surface area contributed by atoms with Gasteiger partial charge in [-0.05, 0) is 29.5 Å². The minimum absolute atomic E-state index is 0.156. The summed E-state index contributed by atoms with van der Waals surface area (Å²) in [5.74, 6) is -1.67. The molecule has 0 aliphatic rings. The third-order valence-corrected chi connectivity index (χ3v) is 2.97. The zero-order valence-corrected chi connectivity index (χ0v) is 11.0. The molecule has 1 rings (SSSR count). The molecule has 0 saturated heterocycles. The Balaban J connectivity index is 3.02. The van der Waals surface area contributed by atoms with E-state index in [2.05, 4.69) is 4.74 Å². The Morgan fingerprint density at radius 2 is 2.05 bits per heavy atom. The van der Waals surface area contributed by atoms with Crippen molar-refractivity contribution in [1.82, 2.24) is 0 Å². The van der Waals surface area contributed by atoms with Crippen LogP contribution in [0, 0.1) is 0 Å². The highest BCUT2D eigenvalue weighted by Crippen LogP contribution is 2.22. The van der Waals surface area contributed by atoms with Crippen LogP contribution in [0.25, 0.3) is 0 Å².